The lowest BCUT2D eigenvalue weighted by atomic mass is 9.83. The number of aromatic nitrogens is 2. The highest BCUT2D eigenvalue weighted by atomic mass is 16.5. The van der Waals surface area contributed by atoms with Crippen molar-refractivity contribution < 1.29 is 9.32 Å². The third-order valence-electron chi connectivity index (χ3n) is 5.28. The number of carbonyl (C=O) groups is 1. The molecule has 2 fully saturated rings. The van der Waals surface area contributed by atoms with Crippen LogP contribution in [0.2, 0.25) is 0 Å². The van der Waals surface area contributed by atoms with Crippen LogP contribution in [-0.4, -0.2) is 27.5 Å². The Labute approximate surface area is 142 Å². The summed E-state index contributed by atoms with van der Waals surface area (Å²) >= 11 is 0. The Morgan fingerprint density at radius 2 is 1.92 bits per heavy atom. The standard InChI is InChI=1S/C19H23N3O2/c1-13-8-10-14(11-9-13)17-20-18(24-21-17)16-7-2-3-12-22(16)19(23)15-5-4-6-15/h8-11,15-16H,2-7,12H2,1H3. The van der Waals surface area contributed by atoms with E-state index in [9.17, 15) is 4.79 Å². The normalized spacial score (nSPS) is 21.5. The highest BCUT2D eigenvalue weighted by molar-refractivity contribution is 5.80. The average molecular weight is 325 g/mol. The number of hydrogen-bond donors (Lipinski definition) is 0. The van der Waals surface area contributed by atoms with E-state index in [1.807, 2.05) is 29.2 Å². The first-order valence-electron chi connectivity index (χ1n) is 8.93. The number of hydrogen-bond acceptors (Lipinski definition) is 4. The Morgan fingerprint density at radius 1 is 1.12 bits per heavy atom. The van der Waals surface area contributed by atoms with Crippen LogP contribution in [0.3, 0.4) is 0 Å². The molecule has 5 nitrogen and oxygen atoms in total. The van der Waals surface area contributed by atoms with Gasteiger partial charge < -0.3 is 9.42 Å². The molecule has 0 N–H and O–H groups in total. The number of piperidine rings is 1. The highest BCUT2D eigenvalue weighted by Crippen LogP contribution is 2.36. The van der Waals surface area contributed by atoms with E-state index in [0.717, 1.165) is 44.2 Å². The van der Waals surface area contributed by atoms with Gasteiger partial charge in [-0.2, -0.15) is 4.98 Å². The Balaban J connectivity index is 1.57. The second kappa shape index (κ2) is 6.38. The SMILES string of the molecule is Cc1ccc(-c2noc(C3CCCCN3C(=O)C3CCC3)n2)cc1. The molecule has 1 atom stereocenters. The third-order valence-corrected chi connectivity index (χ3v) is 5.28. The molecule has 1 aliphatic carbocycles. The molecule has 5 heteroatoms. The lowest BCUT2D eigenvalue weighted by molar-refractivity contribution is -0.142. The molecule has 4 rings (SSSR count). The van der Waals surface area contributed by atoms with Crippen molar-refractivity contribution in [1.82, 2.24) is 15.0 Å². The molecule has 2 aliphatic rings. The van der Waals surface area contributed by atoms with E-state index < -0.39 is 0 Å². The highest BCUT2D eigenvalue weighted by Gasteiger charge is 2.37. The first-order valence-corrected chi connectivity index (χ1v) is 8.93. The second-order valence-corrected chi connectivity index (χ2v) is 6.99. The van der Waals surface area contributed by atoms with Crippen LogP contribution < -0.4 is 0 Å². The van der Waals surface area contributed by atoms with Crippen molar-refractivity contribution in [1.29, 1.82) is 0 Å². The Hall–Kier alpha value is -2.17. The minimum Gasteiger partial charge on any atom is -0.337 e. The van der Waals surface area contributed by atoms with Gasteiger partial charge in [0.05, 0.1) is 0 Å². The predicted octanol–water partition coefficient (Wildman–Crippen LogP) is 3.90. The number of rotatable bonds is 3. The summed E-state index contributed by atoms with van der Waals surface area (Å²) in [6, 6.07) is 8.03. The molecule has 1 amide bonds. The maximum atomic E-state index is 12.7. The molecule has 2 heterocycles. The quantitative estimate of drug-likeness (QED) is 0.859. The molecular formula is C19H23N3O2. The van der Waals surface area contributed by atoms with Gasteiger partial charge in [-0.05, 0) is 39.0 Å². The van der Waals surface area contributed by atoms with Crippen LogP contribution in [0.15, 0.2) is 28.8 Å². The number of carbonyl (C=O) groups excluding carboxylic acids is 1. The zero-order valence-corrected chi connectivity index (χ0v) is 14.1. The summed E-state index contributed by atoms with van der Waals surface area (Å²) in [7, 11) is 0. The molecule has 126 valence electrons. The molecule has 1 saturated heterocycles. The lowest BCUT2D eigenvalue weighted by Gasteiger charge is -2.38. The van der Waals surface area contributed by atoms with Crippen LogP contribution in [0.5, 0.6) is 0 Å². The minimum absolute atomic E-state index is 0.0569. The van der Waals surface area contributed by atoms with Crippen molar-refractivity contribution in [3.05, 3.63) is 35.7 Å². The van der Waals surface area contributed by atoms with Crippen molar-refractivity contribution >= 4 is 5.91 Å². The van der Waals surface area contributed by atoms with Gasteiger partial charge in [-0.1, -0.05) is 41.4 Å². The zero-order chi connectivity index (χ0) is 16.5. The fourth-order valence-corrected chi connectivity index (χ4v) is 3.53. The lowest BCUT2D eigenvalue weighted by Crippen LogP contribution is -2.43. The van der Waals surface area contributed by atoms with E-state index >= 15 is 0 Å². The van der Waals surface area contributed by atoms with Gasteiger partial charge in [0.15, 0.2) is 0 Å². The van der Waals surface area contributed by atoms with Gasteiger partial charge in [-0.25, -0.2) is 0 Å². The van der Waals surface area contributed by atoms with E-state index in [4.69, 9.17) is 4.52 Å². The first kappa shape index (κ1) is 15.4. The van der Waals surface area contributed by atoms with Crippen molar-refractivity contribution in [2.75, 3.05) is 6.54 Å². The Bertz CT molecular complexity index is 718. The molecule has 1 unspecified atom stereocenters. The summed E-state index contributed by atoms with van der Waals surface area (Å²) in [6.45, 7) is 2.86. The zero-order valence-electron chi connectivity index (χ0n) is 14.1. The van der Waals surface area contributed by atoms with E-state index in [1.165, 1.54) is 12.0 Å². The molecule has 24 heavy (non-hydrogen) atoms. The number of aryl methyl sites for hydroxylation is 1. The first-order chi connectivity index (χ1) is 11.7. The van der Waals surface area contributed by atoms with Crippen LogP contribution in [0.1, 0.15) is 56.0 Å². The van der Waals surface area contributed by atoms with Crippen LogP contribution >= 0.6 is 0 Å². The van der Waals surface area contributed by atoms with Crippen LogP contribution in [0.25, 0.3) is 11.4 Å². The Morgan fingerprint density at radius 3 is 2.62 bits per heavy atom. The molecule has 2 aromatic rings. The summed E-state index contributed by atoms with van der Waals surface area (Å²) in [5.41, 5.74) is 2.15. The fourth-order valence-electron chi connectivity index (χ4n) is 3.53. The molecule has 1 aromatic heterocycles. The van der Waals surface area contributed by atoms with Gasteiger partial charge in [-0.3, -0.25) is 4.79 Å². The molecule has 1 aliphatic heterocycles. The van der Waals surface area contributed by atoms with Gasteiger partial charge in [0.25, 0.3) is 0 Å². The third kappa shape index (κ3) is 2.83. The molecule has 0 spiro atoms. The molecule has 1 saturated carbocycles. The van der Waals surface area contributed by atoms with Crippen LogP contribution in [0, 0.1) is 12.8 Å². The van der Waals surface area contributed by atoms with Gasteiger partial charge in [0.1, 0.15) is 6.04 Å². The van der Waals surface area contributed by atoms with Gasteiger partial charge in [0, 0.05) is 18.0 Å². The number of likely N-dealkylation sites (tertiary alicyclic amines) is 1. The number of nitrogens with zero attached hydrogens (tertiary/aromatic N) is 3. The summed E-state index contributed by atoms with van der Waals surface area (Å²) in [4.78, 5) is 19.3. The summed E-state index contributed by atoms with van der Waals surface area (Å²) in [5, 5.41) is 4.14. The average Bonchev–Trinajstić information content (AvgIpc) is 3.04. The summed E-state index contributed by atoms with van der Waals surface area (Å²) in [6.07, 6.45) is 6.30. The van der Waals surface area contributed by atoms with Crippen LogP contribution in [-0.2, 0) is 4.79 Å². The van der Waals surface area contributed by atoms with Gasteiger partial charge in [0.2, 0.25) is 17.6 Å². The van der Waals surface area contributed by atoms with Gasteiger partial charge in [-0.15, -0.1) is 0 Å². The second-order valence-electron chi connectivity index (χ2n) is 6.99. The van der Waals surface area contributed by atoms with Gasteiger partial charge >= 0.3 is 0 Å². The minimum atomic E-state index is -0.0569. The molecular weight excluding hydrogens is 302 g/mol. The molecule has 1 aromatic carbocycles. The maximum absolute atomic E-state index is 12.7. The molecule has 0 bridgehead atoms. The Kier molecular flexibility index (Phi) is 4.08. The summed E-state index contributed by atoms with van der Waals surface area (Å²) < 4.78 is 5.55. The summed E-state index contributed by atoms with van der Waals surface area (Å²) in [5.74, 6) is 1.68. The van der Waals surface area contributed by atoms with E-state index in [1.54, 1.807) is 0 Å². The predicted molar refractivity (Wildman–Crippen MR) is 90.1 cm³/mol. The van der Waals surface area contributed by atoms with E-state index in [-0.39, 0.29) is 17.9 Å². The van der Waals surface area contributed by atoms with E-state index in [0.29, 0.717) is 11.7 Å². The fraction of sp³-hybridized carbons (Fsp3) is 0.526. The number of benzene rings is 1. The van der Waals surface area contributed by atoms with Crippen molar-refractivity contribution in [2.24, 2.45) is 5.92 Å². The van der Waals surface area contributed by atoms with Crippen molar-refractivity contribution in [3.63, 3.8) is 0 Å². The monoisotopic (exact) mass is 325 g/mol. The largest absolute Gasteiger partial charge is 0.337 e. The van der Waals surface area contributed by atoms with Crippen molar-refractivity contribution in [3.8, 4) is 11.4 Å². The maximum Gasteiger partial charge on any atom is 0.249 e. The smallest absolute Gasteiger partial charge is 0.249 e. The van der Waals surface area contributed by atoms with E-state index in [2.05, 4.69) is 17.1 Å². The van der Waals surface area contributed by atoms with Crippen LogP contribution in [0.4, 0.5) is 0 Å². The van der Waals surface area contributed by atoms with Crippen molar-refractivity contribution in [2.45, 2.75) is 51.5 Å². The number of amides is 1. The topological polar surface area (TPSA) is 59.2 Å². The molecule has 0 radical (unpaired) electrons.